The van der Waals surface area contributed by atoms with Crippen LogP contribution in [0.2, 0.25) is 0 Å². The summed E-state index contributed by atoms with van der Waals surface area (Å²) in [7, 11) is 0. The van der Waals surface area contributed by atoms with E-state index < -0.39 is 0 Å². The van der Waals surface area contributed by atoms with Crippen LogP contribution in [0.1, 0.15) is 38.4 Å². The van der Waals surface area contributed by atoms with E-state index in [0.29, 0.717) is 36.8 Å². The number of ether oxygens (including phenoxy) is 1. The van der Waals surface area contributed by atoms with Gasteiger partial charge in [0.15, 0.2) is 5.82 Å². The summed E-state index contributed by atoms with van der Waals surface area (Å²) in [5.41, 5.74) is 0. The fourth-order valence-electron chi connectivity index (χ4n) is 2.49. The van der Waals surface area contributed by atoms with Crippen LogP contribution < -0.4 is 10.6 Å². The van der Waals surface area contributed by atoms with Gasteiger partial charge in [0.25, 0.3) is 0 Å². The summed E-state index contributed by atoms with van der Waals surface area (Å²) in [4.78, 5) is 11.6. The minimum atomic E-state index is -0.293. The van der Waals surface area contributed by atoms with Crippen molar-refractivity contribution in [3.63, 3.8) is 0 Å². The van der Waals surface area contributed by atoms with Crippen molar-refractivity contribution < 1.29 is 14.1 Å². The number of amides is 2. The van der Waals surface area contributed by atoms with Gasteiger partial charge < -0.3 is 14.6 Å². The molecule has 6 heteroatoms. The van der Waals surface area contributed by atoms with Gasteiger partial charge in [-0.15, -0.1) is 0 Å². The van der Waals surface area contributed by atoms with Gasteiger partial charge in [0.1, 0.15) is 5.76 Å². The minimum absolute atomic E-state index is 0.293. The van der Waals surface area contributed by atoms with Gasteiger partial charge in [0.2, 0.25) is 0 Å². The highest BCUT2D eigenvalue weighted by atomic mass is 16.5. The molecule has 112 valence electrons. The highest BCUT2D eigenvalue weighted by Gasteiger charge is 2.21. The van der Waals surface area contributed by atoms with Gasteiger partial charge in [-0.1, -0.05) is 24.9 Å². The van der Waals surface area contributed by atoms with Crippen molar-refractivity contribution in [3.05, 3.63) is 11.8 Å². The molecule has 2 N–H and O–H groups in total. The summed E-state index contributed by atoms with van der Waals surface area (Å²) in [6.45, 7) is 5.04. The largest absolute Gasteiger partial charge is 0.376 e. The van der Waals surface area contributed by atoms with Crippen LogP contribution in [0.3, 0.4) is 0 Å². The lowest BCUT2D eigenvalue weighted by molar-refractivity contribution is -0.00232. The number of nitrogens with one attached hydrogen (secondary N) is 2. The Morgan fingerprint density at radius 3 is 3.00 bits per heavy atom. The van der Waals surface area contributed by atoms with E-state index >= 15 is 0 Å². The number of carbonyl (C=O) groups excluding carboxylic acids is 1. The molecule has 2 rings (SSSR count). The van der Waals surface area contributed by atoms with Crippen LogP contribution in [0.5, 0.6) is 0 Å². The quantitative estimate of drug-likeness (QED) is 0.814. The molecular formula is C14H23N3O3. The zero-order chi connectivity index (χ0) is 14.4. The van der Waals surface area contributed by atoms with Crippen molar-refractivity contribution in [1.82, 2.24) is 10.5 Å². The Bertz CT molecular complexity index is 433. The lowest BCUT2D eigenvalue weighted by atomic mass is 9.88. The molecule has 1 aromatic heterocycles. The number of urea groups is 1. The molecular weight excluding hydrogens is 258 g/mol. The second kappa shape index (κ2) is 7.28. The van der Waals surface area contributed by atoms with Crippen LogP contribution in [-0.2, 0) is 4.74 Å². The average Bonchev–Trinajstić information content (AvgIpc) is 2.82. The first-order chi connectivity index (χ1) is 9.65. The van der Waals surface area contributed by atoms with Gasteiger partial charge in [-0.2, -0.15) is 0 Å². The van der Waals surface area contributed by atoms with Gasteiger partial charge in [-0.25, -0.2) is 4.79 Å². The summed E-state index contributed by atoms with van der Waals surface area (Å²) < 4.78 is 10.7. The topological polar surface area (TPSA) is 76.4 Å². The summed E-state index contributed by atoms with van der Waals surface area (Å²) in [6.07, 6.45) is 5.26. The molecule has 2 amide bonds. The Morgan fingerprint density at radius 2 is 2.30 bits per heavy atom. The van der Waals surface area contributed by atoms with Crippen molar-refractivity contribution in [2.24, 2.45) is 5.92 Å². The van der Waals surface area contributed by atoms with Crippen LogP contribution >= 0.6 is 0 Å². The fourth-order valence-corrected chi connectivity index (χ4v) is 2.49. The molecule has 0 radical (unpaired) electrons. The van der Waals surface area contributed by atoms with Crippen LogP contribution in [0.15, 0.2) is 10.6 Å². The molecule has 0 saturated heterocycles. The zero-order valence-electron chi connectivity index (χ0n) is 12.1. The van der Waals surface area contributed by atoms with E-state index in [1.165, 1.54) is 19.3 Å². The van der Waals surface area contributed by atoms with Gasteiger partial charge in [-0.05, 0) is 25.7 Å². The number of carbonyl (C=O) groups is 1. The van der Waals surface area contributed by atoms with Gasteiger partial charge in [-0.3, -0.25) is 5.32 Å². The van der Waals surface area contributed by atoms with Crippen molar-refractivity contribution in [2.75, 3.05) is 18.5 Å². The van der Waals surface area contributed by atoms with E-state index in [4.69, 9.17) is 9.26 Å². The molecule has 0 aliphatic heterocycles. The van der Waals surface area contributed by atoms with Crippen LogP contribution in [0.25, 0.3) is 0 Å². The first-order valence-corrected chi connectivity index (χ1v) is 7.25. The maximum absolute atomic E-state index is 11.6. The average molecular weight is 281 g/mol. The van der Waals surface area contributed by atoms with Crippen molar-refractivity contribution in [3.8, 4) is 0 Å². The summed E-state index contributed by atoms with van der Waals surface area (Å²) >= 11 is 0. The third-order valence-corrected chi connectivity index (χ3v) is 3.62. The van der Waals surface area contributed by atoms with Gasteiger partial charge in [0.05, 0.1) is 12.7 Å². The molecule has 1 aromatic rings. The normalized spacial score (nSPS) is 22.5. The molecule has 0 unspecified atom stereocenters. The number of hydrogen-bond donors (Lipinski definition) is 2. The Labute approximate surface area is 119 Å². The van der Waals surface area contributed by atoms with Crippen LogP contribution in [0.4, 0.5) is 10.6 Å². The molecule has 0 bridgehead atoms. The van der Waals surface area contributed by atoms with E-state index in [2.05, 4.69) is 22.7 Å². The molecule has 1 aliphatic rings. The summed E-state index contributed by atoms with van der Waals surface area (Å²) in [5, 5.41) is 9.03. The number of aryl methyl sites for hydroxylation is 1. The van der Waals surface area contributed by atoms with Crippen LogP contribution in [-0.4, -0.2) is 30.4 Å². The molecule has 20 heavy (non-hydrogen) atoms. The number of nitrogens with zero attached hydrogens (tertiary/aromatic N) is 1. The lowest BCUT2D eigenvalue weighted by Gasteiger charge is -2.28. The number of hydrogen-bond acceptors (Lipinski definition) is 4. The molecule has 0 spiro atoms. The number of rotatable bonds is 5. The highest BCUT2D eigenvalue weighted by molar-refractivity contribution is 5.88. The minimum Gasteiger partial charge on any atom is -0.376 e. The summed E-state index contributed by atoms with van der Waals surface area (Å²) in [6, 6.07) is 1.37. The molecule has 1 saturated carbocycles. The molecule has 1 heterocycles. The van der Waals surface area contributed by atoms with E-state index in [1.54, 1.807) is 13.0 Å². The molecule has 1 fully saturated rings. The first kappa shape index (κ1) is 14.8. The highest BCUT2D eigenvalue weighted by Crippen LogP contribution is 2.25. The van der Waals surface area contributed by atoms with E-state index in [1.807, 2.05) is 0 Å². The number of anilines is 1. The third-order valence-electron chi connectivity index (χ3n) is 3.62. The standard InChI is InChI=1S/C14H23N3O3/c1-10-5-3-4-6-12(10)19-8-7-15-14(18)16-13-9-11(2)20-17-13/h9-10,12H,3-8H2,1-2H3,(H2,15,16,17,18)/t10-,12-/m0/s1. The molecule has 2 atom stereocenters. The van der Waals surface area contributed by atoms with Crippen LogP contribution in [0, 0.1) is 12.8 Å². The Morgan fingerprint density at radius 1 is 1.50 bits per heavy atom. The second-order valence-corrected chi connectivity index (χ2v) is 5.37. The lowest BCUT2D eigenvalue weighted by Crippen LogP contribution is -2.34. The maximum Gasteiger partial charge on any atom is 0.320 e. The first-order valence-electron chi connectivity index (χ1n) is 7.25. The van der Waals surface area contributed by atoms with Crippen molar-refractivity contribution >= 4 is 11.8 Å². The smallest absolute Gasteiger partial charge is 0.320 e. The van der Waals surface area contributed by atoms with Crippen molar-refractivity contribution in [2.45, 2.75) is 45.6 Å². The zero-order valence-corrected chi connectivity index (χ0v) is 12.1. The second-order valence-electron chi connectivity index (χ2n) is 5.37. The third kappa shape index (κ3) is 4.52. The van der Waals surface area contributed by atoms with Crippen molar-refractivity contribution in [1.29, 1.82) is 0 Å². The SMILES string of the molecule is Cc1cc(NC(=O)NCCO[C@H]2CCCC[C@@H]2C)no1. The predicted octanol–water partition coefficient (Wildman–Crippen LogP) is 2.70. The maximum atomic E-state index is 11.6. The van der Waals surface area contributed by atoms with Gasteiger partial charge >= 0.3 is 6.03 Å². The molecule has 1 aliphatic carbocycles. The fraction of sp³-hybridized carbons (Fsp3) is 0.714. The van der Waals surface area contributed by atoms with Gasteiger partial charge in [0, 0.05) is 12.6 Å². The summed E-state index contributed by atoms with van der Waals surface area (Å²) in [5.74, 6) is 1.70. The van der Waals surface area contributed by atoms with E-state index in [-0.39, 0.29) is 6.03 Å². The van der Waals surface area contributed by atoms with E-state index in [0.717, 1.165) is 6.42 Å². The molecule has 6 nitrogen and oxygen atoms in total. The van der Waals surface area contributed by atoms with E-state index in [9.17, 15) is 4.79 Å². The Kier molecular flexibility index (Phi) is 5.40. The predicted molar refractivity (Wildman–Crippen MR) is 75.6 cm³/mol. The number of aromatic nitrogens is 1. The molecule has 0 aromatic carbocycles. The Hall–Kier alpha value is -1.56. The monoisotopic (exact) mass is 281 g/mol. The Balaban J connectivity index is 1.59.